The van der Waals surface area contributed by atoms with Gasteiger partial charge in [-0.1, -0.05) is 6.07 Å². The average Bonchev–Trinajstić information content (AvgIpc) is 2.73. The molecule has 6 nitrogen and oxygen atoms in total. The Balaban J connectivity index is 1.62. The number of hydrogen-bond acceptors (Lipinski definition) is 5. The van der Waals surface area contributed by atoms with Crippen molar-refractivity contribution in [2.75, 3.05) is 18.1 Å². The van der Waals surface area contributed by atoms with Crippen LogP contribution in [0.3, 0.4) is 0 Å². The molecule has 0 radical (unpaired) electrons. The molecule has 0 saturated heterocycles. The number of aromatic nitrogens is 1. The number of benzene rings is 2. The van der Waals surface area contributed by atoms with Gasteiger partial charge in [0.2, 0.25) is 0 Å². The molecular formula is C22H20F3N3O3. The molecular weight excluding hydrogens is 411 g/mol. The van der Waals surface area contributed by atoms with E-state index in [1.807, 2.05) is 0 Å². The van der Waals surface area contributed by atoms with Gasteiger partial charge in [0, 0.05) is 24.8 Å². The number of Topliss-reactive ketones (excluding diaryl/α,β-unsaturated/α-hetero) is 1. The lowest BCUT2D eigenvalue weighted by Crippen LogP contribution is -2.26. The highest BCUT2D eigenvalue weighted by molar-refractivity contribution is 5.95. The maximum Gasteiger partial charge on any atom is 0.261 e. The van der Waals surface area contributed by atoms with Crippen molar-refractivity contribution in [2.45, 2.75) is 19.4 Å². The van der Waals surface area contributed by atoms with E-state index in [1.54, 1.807) is 0 Å². The van der Waals surface area contributed by atoms with E-state index in [0.717, 1.165) is 18.2 Å². The van der Waals surface area contributed by atoms with Crippen molar-refractivity contribution < 1.29 is 22.7 Å². The summed E-state index contributed by atoms with van der Waals surface area (Å²) in [4.78, 5) is 25.1. The largest absolute Gasteiger partial charge is 0.490 e. The first kappa shape index (κ1) is 21.9. The molecule has 2 aromatic carbocycles. The van der Waals surface area contributed by atoms with E-state index in [-0.39, 0.29) is 48.7 Å². The molecule has 31 heavy (non-hydrogen) atoms. The zero-order chi connectivity index (χ0) is 22.5. The molecule has 0 aliphatic heterocycles. The van der Waals surface area contributed by atoms with Crippen molar-refractivity contribution in [2.24, 2.45) is 0 Å². The third kappa shape index (κ3) is 5.25. The summed E-state index contributed by atoms with van der Waals surface area (Å²) in [5.41, 5.74) is 11.2. The number of carbonyl (C=O) groups excluding carboxylic acids is 1. The van der Waals surface area contributed by atoms with Gasteiger partial charge in [-0.15, -0.1) is 0 Å². The van der Waals surface area contributed by atoms with Crippen molar-refractivity contribution in [3.05, 3.63) is 87.6 Å². The molecule has 0 saturated carbocycles. The van der Waals surface area contributed by atoms with Crippen LogP contribution in [0.25, 0.3) is 0 Å². The molecule has 0 aliphatic carbocycles. The third-order valence-electron chi connectivity index (χ3n) is 4.60. The SMILES string of the molecule is Nc1cc(F)c(OCCCC(=O)c2cccn(Cc3ccc(F)c(F)c3)c2=O)cc1N. The molecule has 1 aromatic heterocycles. The number of nitrogens with zero attached hydrogens (tertiary/aromatic N) is 1. The van der Waals surface area contributed by atoms with Crippen LogP contribution in [0, 0.1) is 17.5 Å². The molecule has 0 atom stereocenters. The van der Waals surface area contributed by atoms with Gasteiger partial charge in [-0.3, -0.25) is 9.59 Å². The van der Waals surface area contributed by atoms with Crippen LogP contribution in [0.2, 0.25) is 0 Å². The molecule has 0 bridgehead atoms. The number of nitrogen functional groups attached to an aromatic ring is 2. The monoisotopic (exact) mass is 431 g/mol. The summed E-state index contributed by atoms with van der Waals surface area (Å²) in [6.07, 6.45) is 1.69. The highest BCUT2D eigenvalue weighted by atomic mass is 19.2. The fraction of sp³-hybridized carbons (Fsp3) is 0.182. The van der Waals surface area contributed by atoms with Crippen LogP contribution in [0.4, 0.5) is 24.5 Å². The number of nitrogens with two attached hydrogens (primary N) is 2. The summed E-state index contributed by atoms with van der Waals surface area (Å²) in [5, 5.41) is 0. The second kappa shape index (κ2) is 9.38. The lowest BCUT2D eigenvalue weighted by Gasteiger charge is -2.10. The highest BCUT2D eigenvalue weighted by Gasteiger charge is 2.14. The summed E-state index contributed by atoms with van der Waals surface area (Å²) < 4.78 is 46.8. The van der Waals surface area contributed by atoms with E-state index >= 15 is 0 Å². The van der Waals surface area contributed by atoms with Crippen LogP contribution in [0.15, 0.2) is 53.5 Å². The normalized spacial score (nSPS) is 10.8. The quantitative estimate of drug-likeness (QED) is 0.323. The minimum absolute atomic E-state index is 0.00347. The Labute approximate surface area is 175 Å². The van der Waals surface area contributed by atoms with Crippen molar-refractivity contribution in [1.82, 2.24) is 4.57 Å². The summed E-state index contributed by atoms with van der Waals surface area (Å²) in [7, 11) is 0. The molecule has 0 amide bonds. The third-order valence-corrected chi connectivity index (χ3v) is 4.60. The van der Waals surface area contributed by atoms with Crippen LogP contribution >= 0.6 is 0 Å². The van der Waals surface area contributed by atoms with Crippen molar-refractivity contribution in [1.29, 1.82) is 0 Å². The molecule has 1 heterocycles. The van der Waals surface area contributed by atoms with Crippen LogP contribution in [0.5, 0.6) is 5.75 Å². The maximum absolute atomic E-state index is 13.8. The zero-order valence-electron chi connectivity index (χ0n) is 16.4. The Morgan fingerprint density at radius 2 is 1.71 bits per heavy atom. The first-order chi connectivity index (χ1) is 14.8. The van der Waals surface area contributed by atoms with E-state index in [0.29, 0.717) is 5.56 Å². The zero-order valence-corrected chi connectivity index (χ0v) is 16.4. The van der Waals surface area contributed by atoms with Crippen molar-refractivity contribution in [3.63, 3.8) is 0 Å². The standard InChI is InChI=1S/C22H20F3N3O3/c23-15-6-5-13(9-16(15)24)12-28-7-1-3-14(22(28)30)20(29)4-2-8-31-21-11-19(27)18(26)10-17(21)25/h1,3,5-7,9-11H,2,4,8,12,26-27H2. The predicted molar refractivity (Wildman–Crippen MR) is 110 cm³/mol. The summed E-state index contributed by atoms with van der Waals surface area (Å²) >= 11 is 0. The number of rotatable bonds is 8. The lowest BCUT2D eigenvalue weighted by molar-refractivity contribution is 0.0971. The minimum atomic E-state index is -1.02. The van der Waals surface area contributed by atoms with Gasteiger partial charge in [-0.2, -0.15) is 0 Å². The second-order valence-corrected chi connectivity index (χ2v) is 6.89. The van der Waals surface area contributed by atoms with Crippen LogP contribution in [-0.4, -0.2) is 17.0 Å². The smallest absolute Gasteiger partial charge is 0.261 e. The van der Waals surface area contributed by atoms with E-state index in [9.17, 15) is 22.8 Å². The van der Waals surface area contributed by atoms with Crippen molar-refractivity contribution >= 4 is 17.2 Å². The average molecular weight is 431 g/mol. The van der Waals surface area contributed by atoms with Gasteiger partial charge in [0.05, 0.1) is 30.1 Å². The lowest BCUT2D eigenvalue weighted by atomic mass is 10.1. The van der Waals surface area contributed by atoms with E-state index in [1.165, 1.54) is 35.0 Å². The number of halogens is 3. The Bertz CT molecular complexity index is 1180. The topological polar surface area (TPSA) is 100 Å². The Hall–Kier alpha value is -3.75. The molecule has 0 fully saturated rings. The van der Waals surface area contributed by atoms with Crippen LogP contribution in [0.1, 0.15) is 28.8 Å². The molecule has 0 unspecified atom stereocenters. The summed E-state index contributed by atoms with van der Waals surface area (Å²) in [6.45, 7) is 0.0139. The van der Waals surface area contributed by atoms with Crippen LogP contribution in [-0.2, 0) is 6.54 Å². The van der Waals surface area contributed by atoms with Crippen LogP contribution < -0.4 is 21.8 Å². The Kier molecular flexibility index (Phi) is 6.64. The Morgan fingerprint density at radius 1 is 0.968 bits per heavy atom. The van der Waals surface area contributed by atoms with Crippen molar-refractivity contribution in [3.8, 4) is 5.75 Å². The van der Waals surface area contributed by atoms with E-state index in [4.69, 9.17) is 16.2 Å². The molecule has 9 heteroatoms. The number of anilines is 2. The first-order valence-corrected chi connectivity index (χ1v) is 9.40. The molecule has 3 rings (SSSR count). The van der Waals surface area contributed by atoms with Gasteiger partial charge in [0.15, 0.2) is 29.0 Å². The minimum Gasteiger partial charge on any atom is -0.490 e. The number of pyridine rings is 1. The van der Waals surface area contributed by atoms with Gasteiger partial charge >= 0.3 is 0 Å². The van der Waals surface area contributed by atoms with Gasteiger partial charge < -0.3 is 20.8 Å². The molecule has 0 spiro atoms. The summed E-state index contributed by atoms with van der Waals surface area (Å²) in [5.74, 6) is -3.15. The predicted octanol–water partition coefficient (Wildman–Crippen LogP) is 3.52. The van der Waals surface area contributed by atoms with Gasteiger partial charge in [-0.05, 0) is 36.2 Å². The number of hydrogen-bond donors (Lipinski definition) is 2. The number of carbonyl (C=O) groups is 1. The molecule has 0 aliphatic rings. The fourth-order valence-corrected chi connectivity index (χ4v) is 2.95. The van der Waals surface area contributed by atoms with E-state index < -0.39 is 28.8 Å². The first-order valence-electron chi connectivity index (χ1n) is 9.40. The van der Waals surface area contributed by atoms with Gasteiger partial charge in [0.1, 0.15) is 0 Å². The molecule has 4 N–H and O–H groups in total. The molecule has 162 valence electrons. The Morgan fingerprint density at radius 3 is 2.45 bits per heavy atom. The van der Waals surface area contributed by atoms with E-state index in [2.05, 4.69) is 0 Å². The molecule has 3 aromatic rings. The fourth-order valence-electron chi connectivity index (χ4n) is 2.95. The van der Waals surface area contributed by atoms with Gasteiger partial charge in [-0.25, -0.2) is 13.2 Å². The number of ether oxygens (including phenoxy) is 1. The highest BCUT2D eigenvalue weighted by Crippen LogP contribution is 2.26. The number of ketones is 1. The maximum atomic E-state index is 13.8. The second-order valence-electron chi connectivity index (χ2n) is 6.89. The summed E-state index contributed by atoms with van der Waals surface area (Å²) in [6, 6.07) is 8.57. The van der Waals surface area contributed by atoms with Gasteiger partial charge in [0.25, 0.3) is 5.56 Å².